The third-order valence-electron chi connectivity index (χ3n) is 2.65. The predicted molar refractivity (Wildman–Crippen MR) is 68.9 cm³/mol. The van der Waals surface area contributed by atoms with Crippen molar-refractivity contribution in [3.63, 3.8) is 0 Å². The molecule has 0 aliphatic carbocycles. The van der Waals surface area contributed by atoms with Crippen molar-refractivity contribution in [2.24, 2.45) is 0 Å². The average Bonchev–Trinajstić information content (AvgIpc) is 2.31. The highest BCUT2D eigenvalue weighted by Gasteiger charge is 2.06. The van der Waals surface area contributed by atoms with Crippen molar-refractivity contribution in [2.75, 3.05) is 17.2 Å². The maximum Gasteiger partial charge on any atom is 0.0784 e. The van der Waals surface area contributed by atoms with Gasteiger partial charge in [0.1, 0.15) is 0 Å². The third kappa shape index (κ3) is 1.93. The van der Waals surface area contributed by atoms with Crippen LogP contribution in [0.2, 0.25) is 0 Å². The third-order valence-corrected chi connectivity index (χ3v) is 2.65. The molecule has 0 radical (unpaired) electrons. The summed E-state index contributed by atoms with van der Waals surface area (Å²) in [6.07, 6.45) is 0.775. The van der Waals surface area contributed by atoms with E-state index in [2.05, 4.69) is 12.1 Å². The summed E-state index contributed by atoms with van der Waals surface area (Å²) in [5, 5.41) is 0. The van der Waals surface area contributed by atoms with Crippen molar-refractivity contribution in [3.05, 3.63) is 53.6 Å². The largest absolute Gasteiger partial charge is 0.397 e. The second-order valence-electron chi connectivity index (χ2n) is 3.80. The monoisotopic (exact) mass is 213 g/mol. The summed E-state index contributed by atoms with van der Waals surface area (Å²) in [6.45, 7) is 0. The first-order valence-electron chi connectivity index (χ1n) is 5.14. The molecule has 0 spiro atoms. The van der Waals surface area contributed by atoms with Gasteiger partial charge in [-0.1, -0.05) is 36.4 Å². The topological polar surface area (TPSA) is 78.1 Å². The van der Waals surface area contributed by atoms with E-state index >= 15 is 0 Å². The second-order valence-corrected chi connectivity index (χ2v) is 3.80. The smallest absolute Gasteiger partial charge is 0.0784 e. The van der Waals surface area contributed by atoms with Crippen LogP contribution in [0.4, 0.5) is 17.1 Å². The van der Waals surface area contributed by atoms with Crippen molar-refractivity contribution in [1.29, 1.82) is 0 Å². The van der Waals surface area contributed by atoms with Gasteiger partial charge in [0.25, 0.3) is 0 Å². The molecule has 0 aliphatic rings. The number of hydrogen-bond donors (Lipinski definition) is 3. The first-order valence-corrected chi connectivity index (χ1v) is 5.14. The van der Waals surface area contributed by atoms with E-state index in [4.69, 9.17) is 17.2 Å². The Morgan fingerprint density at radius 3 is 2.12 bits per heavy atom. The lowest BCUT2D eigenvalue weighted by Gasteiger charge is -2.10. The molecule has 0 amide bonds. The van der Waals surface area contributed by atoms with Gasteiger partial charge < -0.3 is 17.2 Å². The highest BCUT2D eigenvalue weighted by Crippen LogP contribution is 2.27. The number of nitrogen functional groups attached to an aromatic ring is 3. The van der Waals surface area contributed by atoms with Crippen molar-refractivity contribution in [1.82, 2.24) is 0 Å². The first kappa shape index (κ1) is 10.4. The van der Waals surface area contributed by atoms with Gasteiger partial charge >= 0.3 is 0 Å². The second kappa shape index (κ2) is 4.14. The fraction of sp³-hybridized carbons (Fsp3) is 0.0769. The van der Waals surface area contributed by atoms with Crippen LogP contribution in [0.1, 0.15) is 11.1 Å². The number of nitrogens with two attached hydrogens (primary N) is 3. The predicted octanol–water partition coefficient (Wildman–Crippen LogP) is 2.02. The zero-order valence-electron chi connectivity index (χ0n) is 8.98. The number of anilines is 3. The van der Waals surface area contributed by atoms with Crippen LogP contribution in [0, 0.1) is 0 Å². The van der Waals surface area contributed by atoms with E-state index in [0.29, 0.717) is 17.1 Å². The van der Waals surface area contributed by atoms with Crippen LogP contribution in [0.5, 0.6) is 0 Å². The maximum absolute atomic E-state index is 5.93. The van der Waals surface area contributed by atoms with Gasteiger partial charge in [-0.15, -0.1) is 0 Å². The number of benzene rings is 2. The van der Waals surface area contributed by atoms with Gasteiger partial charge in [-0.3, -0.25) is 0 Å². The summed E-state index contributed by atoms with van der Waals surface area (Å²) < 4.78 is 0. The highest BCUT2D eigenvalue weighted by molar-refractivity contribution is 5.79. The van der Waals surface area contributed by atoms with Crippen LogP contribution in [-0.2, 0) is 6.42 Å². The SMILES string of the molecule is Nc1ccc(Cc2ccccc2)c(N)c1N. The van der Waals surface area contributed by atoms with Crippen molar-refractivity contribution >= 4 is 17.1 Å². The molecule has 0 saturated heterocycles. The molecular weight excluding hydrogens is 198 g/mol. The zero-order valence-corrected chi connectivity index (χ0v) is 8.98. The molecule has 16 heavy (non-hydrogen) atoms. The molecular formula is C13H15N3. The molecule has 3 heteroatoms. The molecule has 0 unspecified atom stereocenters. The van der Waals surface area contributed by atoms with E-state index in [9.17, 15) is 0 Å². The number of rotatable bonds is 2. The quantitative estimate of drug-likeness (QED) is 0.668. The Bertz CT molecular complexity index is 492. The molecule has 6 N–H and O–H groups in total. The summed E-state index contributed by atoms with van der Waals surface area (Å²) in [5.74, 6) is 0. The standard InChI is InChI=1S/C13H15N3/c14-11-7-6-10(12(15)13(11)16)8-9-4-2-1-3-5-9/h1-7H,8,14-16H2. The van der Waals surface area contributed by atoms with E-state index in [1.54, 1.807) is 6.07 Å². The first-order chi connectivity index (χ1) is 7.68. The maximum atomic E-state index is 5.93. The fourth-order valence-corrected chi connectivity index (χ4v) is 1.67. The summed E-state index contributed by atoms with van der Waals surface area (Å²) in [5.41, 5.74) is 21.2. The van der Waals surface area contributed by atoms with Crippen LogP contribution in [0.25, 0.3) is 0 Å². The van der Waals surface area contributed by atoms with Crippen molar-refractivity contribution < 1.29 is 0 Å². The van der Waals surface area contributed by atoms with E-state index in [1.807, 2.05) is 24.3 Å². The molecule has 0 atom stereocenters. The fourth-order valence-electron chi connectivity index (χ4n) is 1.67. The molecule has 0 bridgehead atoms. The Labute approximate surface area is 94.9 Å². The van der Waals surface area contributed by atoms with E-state index in [1.165, 1.54) is 5.56 Å². The van der Waals surface area contributed by atoms with E-state index in [-0.39, 0.29) is 0 Å². The van der Waals surface area contributed by atoms with Crippen molar-refractivity contribution in [2.45, 2.75) is 6.42 Å². The molecule has 0 fully saturated rings. The lowest BCUT2D eigenvalue weighted by molar-refractivity contribution is 1.20. The average molecular weight is 213 g/mol. The Kier molecular flexibility index (Phi) is 2.68. The highest BCUT2D eigenvalue weighted by atomic mass is 14.7. The Hall–Kier alpha value is -2.16. The van der Waals surface area contributed by atoms with Crippen LogP contribution in [-0.4, -0.2) is 0 Å². The van der Waals surface area contributed by atoms with Gasteiger partial charge in [0.15, 0.2) is 0 Å². The van der Waals surface area contributed by atoms with Crippen LogP contribution in [0.3, 0.4) is 0 Å². The summed E-state index contributed by atoms with van der Waals surface area (Å²) >= 11 is 0. The summed E-state index contributed by atoms with van der Waals surface area (Å²) in [7, 11) is 0. The molecule has 0 aromatic heterocycles. The van der Waals surface area contributed by atoms with Crippen LogP contribution >= 0.6 is 0 Å². The summed E-state index contributed by atoms with van der Waals surface area (Å²) in [4.78, 5) is 0. The van der Waals surface area contributed by atoms with Gasteiger partial charge in [0.2, 0.25) is 0 Å². The van der Waals surface area contributed by atoms with Crippen molar-refractivity contribution in [3.8, 4) is 0 Å². The zero-order chi connectivity index (χ0) is 11.5. The lowest BCUT2D eigenvalue weighted by atomic mass is 10.0. The minimum absolute atomic E-state index is 0.480. The van der Waals surface area contributed by atoms with Gasteiger partial charge in [0.05, 0.1) is 17.1 Å². The van der Waals surface area contributed by atoms with Gasteiger partial charge in [-0.2, -0.15) is 0 Å². The summed E-state index contributed by atoms with van der Waals surface area (Å²) in [6, 6.07) is 13.8. The molecule has 2 aromatic rings. The minimum Gasteiger partial charge on any atom is -0.397 e. The molecule has 0 aliphatic heterocycles. The Morgan fingerprint density at radius 1 is 0.750 bits per heavy atom. The van der Waals surface area contributed by atoms with Gasteiger partial charge in [-0.05, 0) is 23.6 Å². The van der Waals surface area contributed by atoms with Gasteiger partial charge in [0, 0.05) is 0 Å². The van der Waals surface area contributed by atoms with E-state index in [0.717, 1.165) is 12.0 Å². The van der Waals surface area contributed by atoms with E-state index < -0.39 is 0 Å². The normalized spacial score (nSPS) is 10.2. The molecule has 3 nitrogen and oxygen atoms in total. The molecule has 82 valence electrons. The molecule has 2 aromatic carbocycles. The molecule has 0 saturated carbocycles. The molecule has 0 heterocycles. The molecule has 2 rings (SSSR count). The lowest BCUT2D eigenvalue weighted by Crippen LogP contribution is -2.04. The number of hydrogen-bond acceptors (Lipinski definition) is 3. The van der Waals surface area contributed by atoms with Crippen LogP contribution < -0.4 is 17.2 Å². The Balaban J connectivity index is 2.33. The Morgan fingerprint density at radius 2 is 1.44 bits per heavy atom. The van der Waals surface area contributed by atoms with Crippen LogP contribution in [0.15, 0.2) is 42.5 Å². The van der Waals surface area contributed by atoms with Gasteiger partial charge in [-0.25, -0.2) is 0 Å². The minimum atomic E-state index is 0.480.